The van der Waals surface area contributed by atoms with E-state index in [1.807, 2.05) is 0 Å². The second kappa shape index (κ2) is 5.86. The fraction of sp³-hybridized carbons (Fsp3) is 0.444. The van der Waals surface area contributed by atoms with Crippen LogP contribution < -0.4 is 21.9 Å². The van der Waals surface area contributed by atoms with Crippen molar-refractivity contribution in [1.29, 1.82) is 0 Å². The van der Waals surface area contributed by atoms with E-state index in [1.165, 1.54) is 19.3 Å². The van der Waals surface area contributed by atoms with Crippen molar-refractivity contribution in [3.63, 3.8) is 0 Å². The van der Waals surface area contributed by atoms with E-state index < -0.39 is 0 Å². The maximum absolute atomic E-state index is 11.5. The lowest BCUT2D eigenvalue weighted by Gasteiger charge is -2.06. The van der Waals surface area contributed by atoms with Crippen LogP contribution in [-0.4, -0.2) is 35.8 Å². The molecule has 0 fully saturated rings. The fourth-order valence-corrected chi connectivity index (χ4v) is 1.08. The number of nitrogens with zero attached hydrogens (tertiary/aromatic N) is 2. The van der Waals surface area contributed by atoms with Gasteiger partial charge in [-0.15, -0.1) is 0 Å². The second-order valence-electron chi connectivity index (χ2n) is 3.13. The largest absolute Gasteiger partial charge is 0.382 e. The van der Waals surface area contributed by atoms with Crippen LogP contribution in [0.4, 0.5) is 5.69 Å². The first-order chi connectivity index (χ1) is 7.67. The molecule has 0 saturated heterocycles. The SMILES string of the molecule is CNC(=O)Cn1ncc(NCCN)cc1=O. The highest BCUT2D eigenvalue weighted by Gasteiger charge is 2.03. The van der Waals surface area contributed by atoms with Crippen LogP contribution in [0.5, 0.6) is 0 Å². The van der Waals surface area contributed by atoms with Gasteiger partial charge in [0.15, 0.2) is 0 Å². The Kier molecular flexibility index (Phi) is 4.46. The molecule has 1 heterocycles. The minimum Gasteiger partial charge on any atom is -0.382 e. The summed E-state index contributed by atoms with van der Waals surface area (Å²) in [4.78, 5) is 22.6. The molecule has 0 saturated carbocycles. The van der Waals surface area contributed by atoms with Crippen molar-refractivity contribution in [2.45, 2.75) is 6.54 Å². The summed E-state index contributed by atoms with van der Waals surface area (Å²) in [6.07, 6.45) is 1.49. The van der Waals surface area contributed by atoms with Crippen molar-refractivity contribution in [3.05, 3.63) is 22.6 Å². The first kappa shape index (κ1) is 12.2. The van der Waals surface area contributed by atoms with E-state index in [0.29, 0.717) is 18.8 Å². The van der Waals surface area contributed by atoms with Crippen LogP contribution in [0.3, 0.4) is 0 Å². The molecule has 0 aromatic carbocycles. The van der Waals surface area contributed by atoms with Gasteiger partial charge >= 0.3 is 0 Å². The van der Waals surface area contributed by atoms with Crippen molar-refractivity contribution < 1.29 is 4.79 Å². The molecule has 0 aliphatic rings. The van der Waals surface area contributed by atoms with Gasteiger partial charge in [-0.05, 0) is 0 Å². The van der Waals surface area contributed by atoms with Crippen LogP contribution in [0.25, 0.3) is 0 Å². The number of likely N-dealkylation sites (N-methyl/N-ethyl adjacent to an activating group) is 1. The number of hydrogen-bond donors (Lipinski definition) is 3. The predicted molar refractivity (Wildman–Crippen MR) is 60.1 cm³/mol. The summed E-state index contributed by atoms with van der Waals surface area (Å²) < 4.78 is 1.09. The zero-order chi connectivity index (χ0) is 12.0. The van der Waals surface area contributed by atoms with Gasteiger partial charge in [-0.3, -0.25) is 9.59 Å². The highest BCUT2D eigenvalue weighted by molar-refractivity contribution is 5.75. The Morgan fingerprint density at radius 2 is 2.38 bits per heavy atom. The third-order valence-electron chi connectivity index (χ3n) is 1.92. The Labute approximate surface area is 92.6 Å². The number of nitrogens with one attached hydrogen (secondary N) is 2. The van der Waals surface area contributed by atoms with Gasteiger partial charge in [-0.1, -0.05) is 0 Å². The topological polar surface area (TPSA) is 102 Å². The van der Waals surface area contributed by atoms with Gasteiger partial charge < -0.3 is 16.4 Å². The van der Waals surface area contributed by atoms with Gasteiger partial charge in [-0.25, -0.2) is 4.68 Å². The molecule has 7 nitrogen and oxygen atoms in total. The van der Waals surface area contributed by atoms with E-state index >= 15 is 0 Å². The smallest absolute Gasteiger partial charge is 0.269 e. The highest BCUT2D eigenvalue weighted by atomic mass is 16.2. The minimum absolute atomic E-state index is 0.0769. The minimum atomic E-state index is -0.328. The number of anilines is 1. The number of aromatic nitrogens is 2. The molecule has 0 aliphatic heterocycles. The summed E-state index contributed by atoms with van der Waals surface area (Å²) in [5.41, 5.74) is 5.58. The molecule has 7 heteroatoms. The first-order valence-corrected chi connectivity index (χ1v) is 4.89. The summed E-state index contributed by atoms with van der Waals surface area (Å²) in [6.45, 7) is 0.967. The Hall–Kier alpha value is -1.89. The number of carbonyl (C=O) groups is 1. The Bertz CT molecular complexity index is 415. The molecular weight excluding hydrogens is 210 g/mol. The molecule has 0 radical (unpaired) electrons. The molecule has 1 amide bonds. The average Bonchev–Trinajstić information content (AvgIpc) is 2.29. The van der Waals surface area contributed by atoms with E-state index in [1.54, 1.807) is 0 Å². The van der Waals surface area contributed by atoms with E-state index in [9.17, 15) is 9.59 Å². The monoisotopic (exact) mass is 225 g/mol. The highest BCUT2D eigenvalue weighted by Crippen LogP contribution is 1.97. The van der Waals surface area contributed by atoms with Crippen molar-refractivity contribution in [2.24, 2.45) is 5.73 Å². The quantitative estimate of drug-likeness (QED) is 0.558. The number of nitrogens with two attached hydrogens (primary N) is 1. The van der Waals surface area contributed by atoms with Crippen molar-refractivity contribution in [1.82, 2.24) is 15.1 Å². The van der Waals surface area contributed by atoms with Crippen LogP contribution in [0.2, 0.25) is 0 Å². The van der Waals surface area contributed by atoms with E-state index in [4.69, 9.17) is 5.73 Å². The Balaban J connectivity index is 2.75. The molecule has 1 aromatic rings. The first-order valence-electron chi connectivity index (χ1n) is 4.89. The van der Waals surface area contributed by atoms with Crippen LogP contribution in [0.1, 0.15) is 0 Å². The number of amides is 1. The molecule has 1 aromatic heterocycles. The van der Waals surface area contributed by atoms with Crippen LogP contribution >= 0.6 is 0 Å². The lowest BCUT2D eigenvalue weighted by Crippen LogP contribution is -2.31. The van der Waals surface area contributed by atoms with Crippen LogP contribution in [0.15, 0.2) is 17.1 Å². The summed E-state index contributed by atoms with van der Waals surface area (Å²) in [5.74, 6) is -0.266. The van der Waals surface area contributed by atoms with Gasteiger partial charge in [0.2, 0.25) is 5.91 Å². The van der Waals surface area contributed by atoms with Gasteiger partial charge in [0.05, 0.1) is 11.9 Å². The molecular formula is C9H15N5O2. The van der Waals surface area contributed by atoms with Gasteiger partial charge in [0, 0.05) is 26.2 Å². The second-order valence-corrected chi connectivity index (χ2v) is 3.13. The zero-order valence-corrected chi connectivity index (χ0v) is 9.06. The summed E-state index contributed by atoms with van der Waals surface area (Å²) >= 11 is 0. The molecule has 88 valence electrons. The van der Waals surface area contributed by atoms with Crippen molar-refractivity contribution >= 4 is 11.6 Å². The molecule has 0 bridgehead atoms. The standard InChI is InChI=1S/C9H15N5O2/c1-11-8(15)6-14-9(16)4-7(5-13-14)12-3-2-10/h4-5,12H,2-3,6,10H2,1H3,(H,11,15). The zero-order valence-electron chi connectivity index (χ0n) is 9.06. The molecule has 0 spiro atoms. The Morgan fingerprint density at radius 1 is 1.62 bits per heavy atom. The van der Waals surface area contributed by atoms with Crippen LogP contribution in [0, 0.1) is 0 Å². The fourth-order valence-electron chi connectivity index (χ4n) is 1.08. The Morgan fingerprint density at radius 3 is 2.94 bits per heavy atom. The van der Waals surface area contributed by atoms with Crippen LogP contribution in [-0.2, 0) is 11.3 Å². The maximum atomic E-state index is 11.5. The van der Waals surface area contributed by atoms with E-state index in [0.717, 1.165) is 4.68 Å². The third kappa shape index (κ3) is 3.35. The number of rotatable bonds is 5. The predicted octanol–water partition coefficient (Wildman–Crippen LogP) is -1.64. The summed E-state index contributed by atoms with van der Waals surface area (Å²) in [5, 5.41) is 9.21. The molecule has 1 rings (SSSR count). The molecule has 4 N–H and O–H groups in total. The van der Waals surface area contributed by atoms with Crippen molar-refractivity contribution in [3.8, 4) is 0 Å². The average molecular weight is 225 g/mol. The van der Waals surface area contributed by atoms with E-state index in [-0.39, 0.29) is 18.0 Å². The lowest BCUT2D eigenvalue weighted by molar-refractivity contribution is -0.121. The normalized spacial score (nSPS) is 9.88. The lowest BCUT2D eigenvalue weighted by atomic mass is 10.4. The van der Waals surface area contributed by atoms with Gasteiger partial charge in [-0.2, -0.15) is 5.10 Å². The molecule has 0 aliphatic carbocycles. The number of hydrogen-bond acceptors (Lipinski definition) is 5. The van der Waals surface area contributed by atoms with Gasteiger partial charge in [0.1, 0.15) is 6.54 Å². The third-order valence-corrected chi connectivity index (χ3v) is 1.92. The molecule has 0 atom stereocenters. The maximum Gasteiger partial charge on any atom is 0.269 e. The summed E-state index contributed by atoms with van der Waals surface area (Å²) in [6, 6.07) is 1.38. The van der Waals surface area contributed by atoms with Crippen molar-refractivity contribution in [2.75, 3.05) is 25.5 Å². The molecule has 16 heavy (non-hydrogen) atoms. The van der Waals surface area contributed by atoms with E-state index in [2.05, 4.69) is 15.7 Å². The van der Waals surface area contributed by atoms with Gasteiger partial charge in [0.25, 0.3) is 5.56 Å². The molecule has 0 unspecified atom stereocenters. The number of carbonyl (C=O) groups excluding carboxylic acids is 1. The summed E-state index contributed by atoms with van der Waals surface area (Å²) in [7, 11) is 1.50.